The molecule has 0 radical (unpaired) electrons. The van der Waals surface area contributed by atoms with Crippen LogP contribution >= 0.6 is 15.9 Å². The number of fused-ring (bicyclic) bond motifs is 2. The molecule has 18 heavy (non-hydrogen) atoms. The molecule has 0 fully saturated rings. The van der Waals surface area contributed by atoms with Crippen molar-refractivity contribution in [2.24, 2.45) is 0 Å². The van der Waals surface area contributed by atoms with Crippen molar-refractivity contribution >= 4 is 37.9 Å². The molecule has 3 rings (SSSR count). The summed E-state index contributed by atoms with van der Waals surface area (Å²) in [6, 6.07) is 2.01. The maximum atomic E-state index is 11.7. The Morgan fingerprint density at radius 3 is 2.50 bits per heavy atom. The minimum Gasteiger partial charge on any atom is -0.464 e. The zero-order chi connectivity index (χ0) is 13.0. The third kappa shape index (κ3) is 1.38. The normalized spacial score (nSPS) is 11.6. The lowest BCUT2D eigenvalue weighted by Gasteiger charge is -2.06. The van der Waals surface area contributed by atoms with Gasteiger partial charge in [0, 0.05) is 16.3 Å². The molecule has 0 saturated heterocycles. The van der Waals surface area contributed by atoms with Gasteiger partial charge >= 0.3 is 5.63 Å². The molecule has 0 aliphatic carbocycles. The first-order valence-corrected chi connectivity index (χ1v) is 6.40. The van der Waals surface area contributed by atoms with Crippen LogP contribution in [0.3, 0.4) is 0 Å². The number of halogens is 1. The van der Waals surface area contributed by atoms with E-state index >= 15 is 0 Å². The molecule has 0 aliphatic heterocycles. The lowest BCUT2D eigenvalue weighted by atomic mass is 10.0. The zero-order valence-corrected chi connectivity index (χ0v) is 11.8. The second kappa shape index (κ2) is 3.72. The van der Waals surface area contributed by atoms with E-state index in [1.165, 1.54) is 0 Å². The minimum atomic E-state index is -0.356. The molecule has 3 nitrogen and oxygen atoms in total. The Balaban J connectivity index is 2.66. The molecule has 2 heterocycles. The number of aryl methyl sites for hydroxylation is 3. The largest absolute Gasteiger partial charge is 0.464 e. The maximum absolute atomic E-state index is 11.7. The highest BCUT2D eigenvalue weighted by Gasteiger charge is 2.15. The van der Waals surface area contributed by atoms with E-state index in [0.717, 1.165) is 33.0 Å². The number of hydrogen-bond donors (Lipinski definition) is 0. The lowest BCUT2D eigenvalue weighted by Crippen LogP contribution is -2.03. The molecule has 0 atom stereocenters. The molecule has 0 N–H and O–H groups in total. The lowest BCUT2D eigenvalue weighted by molar-refractivity contribution is 0.550. The van der Waals surface area contributed by atoms with Gasteiger partial charge in [0.15, 0.2) is 0 Å². The minimum absolute atomic E-state index is 0.356. The molecule has 0 unspecified atom stereocenters. The summed E-state index contributed by atoms with van der Waals surface area (Å²) >= 11 is 3.27. The molecule has 1 aromatic carbocycles. The first kappa shape index (κ1) is 11.5. The smallest absolute Gasteiger partial charge is 0.350 e. The summed E-state index contributed by atoms with van der Waals surface area (Å²) in [5.74, 6) is 0. The van der Waals surface area contributed by atoms with Gasteiger partial charge in [-0.05, 0) is 53.9 Å². The average Bonchev–Trinajstić information content (AvgIpc) is 2.71. The Morgan fingerprint density at radius 1 is 1.06 bits per heavy atom. The van der Waals surface area contributed by atoms with Crippen LogP contribution in [0.25, 0.3) is 21.9 Å². The van der Waals surface area contributed by atoms with Crippen molar-refractivity contribution in [2.75, 3.05) is 0 Å². The summed E-state index contributed by atoms with van der Waals surface area (Å²) in [4.78, 5) is 11.7. The van der Waals surface area contributed by atoms with Crippen molar-refractivity contribution in [2.45, 2.75) is 20.8 Å². The van der Waals surface area contributed by atoms with Crippen molar-refractivity contribution in [3.05, 3.63) is 43.9 Å². The number of furan rings is 1. The average molecular weight is 307 g/mol. The van der Waals surface area contributed by atoms with Crippen LogP contribution < -0.4 is 5.63 Å². The van der Waals surface area contributed by atoms with Gasteiger partial charge in [-0.25, -0.2) is 4.79 Å². The maximum Gasteiger partial charge on any atom is 0.350 e. The highest BCUT2D eigenvalue weighted by atomic mass is 79.9. The van der Waals surface area contributed by atoms with Crippen LogP contribution in [0, 0.1) is 20.8 Å². The SMILES string of the molecule is Cc1coc2c(C)c3oc(=O)c(Br)c(C)c3cc12. The Hall–Kier alpha value is -1.55. The van der Waals surface area contributed by atoms with Gasteiger partial charge in [-0.15, -0.1) is 0 Å². The molecule has 92 valence electrons. The number of benzene rings is 1. The Bertz CT molecular complexity index is 840. The van der Waals surface area contributed by atoms with Gasteiger partial charge in [0.25, 0.3) is 0 Å². The molecule has 0 aliphatic rings. The van der Waals surface area contributed by atoms with Crippen molar-refractivity contribution in [1.29, 1.82) is 0 Å². The van der Waals surface area contributed by atoms with Crippen molar-refractivity contribution in [1.82, 2.24) is 0 Å². The Labute approximate surface area is 112 Å². The molecule has 4 heteroatoms. The van der Waals surface area contributed by atoms with Gasteiger partial charge in [0.1, 0.15) is 15.6 Å². The van der Waals surface area contributed by atoms with Gasteiger partial charge in [-0.1, -0.05) is 0 Å². The topological polar surface area (TPSA) is 43.4 Å². The quantitative estimate of drug-likeness (QED) is 0.584. The zero-order valence-electron chi connectivity index (χ0n) is 10.3. The molecule has 0 amide bonds. The highest BCUT2D eigenvalue weighted by Crippen LogP contribution is 2.33. The predicted octanol–water partition coefficient (Wildman–Crippen LogP) is 4.23. The molecule has 2 aromatic heterocycles. The summed E-state index contributed by atoms with van der Waals surface area (Å²) < 4.78 is 11.4. The number of rotatable bonds is 0. The molecular formula is C14H11BrO3. The molecular weight excluding hydrogens is 296 g/mol. The second-order valence-corrected chi connectivity index (χ2v) is 5.30. The van der Waals surface area contributed by atoms with E-state index in [0.29, 0.717) is 10.1 Å². The first-order chi connectivity index (χ1) is 8.50. The monoisotopic (exact) mass is 306 g/mol. The molecule has 0 saturated carbocycles. The Kier molecular flexibility index (Phi) is 2.38. The van der Waals surface area contributed by atoms with Crippen LogP contribution in [-0.2, 0) is 0 Å². The molecule has 3 aromatic rings. The van der Waals surface area contributed by atoms with Crippen molar-refractivity contribution in [3.8, 4) is 0 Å². The highest BCUT2D eigenvalue weighted by molar-refractivity contribution is 9.10. The van der Waals surface area contributed by atoms with E-state index in [1.54, 1.807) is 6.26 Å². The standard InChI is InChI=1S/C14H11BrO3/c1-6-5-17-12-8(3)13-10(4-9(6)12)7(2)11(15)14(16)18-13/h4-5H,1-3H3. The summed E-state index contributed by atoms with van der Waals surface area (Å²) in [6.45, 7) is 5.81. The predicted molar refractivity (Wildman–Crippen MR) is 74.2 cm³/mol. The van der Waals surface area contributed by atoms with Crippen molar-refractivity contribution < 1.29 is 8.83 Å². The fourth-order valence-corrected chi connectivity index (χ4v) is 2.55. The van der Waals surface area contributed by atoms with Crippen LogP contribution in [0.4, 0.5) is 0 Å². The van der Waals surface area contributed by atoms with Gasteiger partial charge < -0.3 is 8.83 Å². The summed E-state index contributed by atoms with van der Waals surface area (Å²) in [5, 5.41) is 2.00. The third-order valence-electron chi connectivity index (χ3n) is 3.34. The fourth-order valence-electron chi connectivity index (χ4n) is 2.26. The van der Waals surface area contributed by atoms with Crippen LogP contribution in [0.1, 0.15) is 16.7 Å². The van der Waals surface area contributed by atoms with E-state index in [-0.39, 0.29) is 5.63 Å². The van der Waals surface area contributed by atoms with E-state index in [1.807, 2.05) is 26.8 Å². The van der Waals surface area contributed by atoms with Crippen molar-refractivity contribution in [3.63, 3.8) is 0 Å². The van der Waals surface area contributed by atoms with E-state index in [4.69, 9.17) is 8.83 Å². The second-order valence-electron chi connectivity index (χ2n) is 4.50. The van der Waals surface area contributed by atoms with E-state index in [9.17, 15) is 4.79 Å². The third-order valence-corrected chi connectivity index (χ3v) is 4.26. The fraction of sp³-hybridized carbons (Fsp3) is 0.214. The van der Waals surface area contributed by atoms with Gasteiger partial charge in [-0.3, -0.25) is 0 Å². The van der Waals surface area contributed by atoms with Crippen LogP contribution in [0.2, 0.25) is 0 Å². The molecule has 0 bridgehead atoms. The summed E-state index contributed by atoms with van der Waals surface area (Å²) in [6.07, 6.45) is 1.72. The Morgan fingerprint density at radius 2 is 1.78 bits per heavy atom. The van der Waals surface area contributed by atoms with Crippen LogP contribution in [-0.4, -0.2) is 0 Å². The van der Waals surface area contributed by atoms with Crippen LogP contribution in [0.15, 0.2) is 30.4 Å². The summed E-state index contributed by atoms with van der Waals surface area (Å²) in [5.41, 5.74) is 3.87. The first-order valence-electron chi connectivity index (χ1n) is 5.61. The van der Waals surface area contributed by atoms with Gasteiger partial charge in [0.2, 0.25) is 0 Å². The van der Waals surface area contributed by atoms with Gasteiger partial charge in [-0.2, -0.15) is 0 Å². The summed E-state index contributed by atoms with van der Waals surface area (Å²) in [7, 11) is 0. The van der Waals surface area contributed by atoms with Gasteiger partial charge in [0.05, 0.1) is 6.26 Å². The van der Waals surface area contributed by atoms with Crippen LogP contribution in [0.5, 0.6) is 0 Å². The molecule has 0 spiro atoms. The number of hydrogen-bond acceptors (Lipinski definition) is 3. The van der Waals surface area contributed by atoms with E-state index < -0.39 is 0 Å². The van der Waals surface area contributed by atoms with E-state index in [2.05, 4.69) is 15.9 Å².